The summed E-state index contributed by atoms with van der Waals surface area (Å²) in [6.07, 6.45) is 2.37. The molecule has 3 aromatic rings. The maximum Gasteiger partial charge on any atom is 0.226 e. The summed E-state index contributed by atoms with van der Waals surface area (Å²) in [5.74, 6) is 0.937. The van der Waals surface area contributed by atoms with Gasteiger partial charge in [-0.3, -0.25) is 4.79 Å². The van der Waals surface area contributed by atoms with Crippen molar-refractivity contribution in [3.05, 3.63) is 64.3 Å². The van der Waals surface area contributed by atoms with Crippen LogP contribution < -0.4 is 10.2 Å². The Labute approximate surface area is 182 Å². The molecule has 1 N–H and O–H groups in total. The molecule has 0 aliphatic carbocycles. The number of halogens is 1. The third kappa shape index (κ3) is 4.57. The van der Waals surface area contributed by atoms with Crippen molar-refractivity contribution in [3.63, 3.8) is 0 Å². The number of carbonyl (C=O) groups is 1. The molecule has 2 heterocycles. The van der Waals surface area contributed by atoms with Gasteiger partial charge in [-0.25, -0.2) is 9.97 Å². The zero-order chi connectivity index (χ0) is 21.1. The second kappa shape index (κ2) is 9.00. The van der Waals surface area contributed by atoms with Gasteiger partial charge < -0.3 is 10.2 Å². The number of nitrogens with one attached hydrogen (secondary N) is 1. The summed E-state index contributed by atoms with van der Waals surface area (Å²) in [6, 6.07) is 14.0. The van der Waals surface area contributed by atoms with Gasteiger partial charge in [-0.1, -0.05) is 41.9 Å². The van der Waals surface area contributed by atoms with Crippen molar-refractivity contribution in [1.82, 2.24) is 15.3 Å². The minimum absolute atomic E-state index is 0.0382. The smallest absolute Gasteiger partial charge is 0.226 e. The molecule has 1 aliphatic rings. The van der Waals surface area contributed by atoms with Crippen LogP contribution in [-0.2, 0) is 11.2 Å². The first-order chi connectivity index (χ1) is 14.5. The van der Waals surface area contributed by atoms with Gasteiger partial charge in [-0.05, 0) is 56.4 Å². The first kappa shape index (κ1) is 20.6. The fraction of sp³-hybridized carbons (Fsp3) is 0.375. The van der Waals surface area contributed by atoms with Gasteiger partial charge in [0.15, 0.2) is 0 Å². The van der Waals surface area contributed by atoms with Gasteiger partial charge in [-0.2, -0.15) is 0 Å². The van der Waals surface area contributed by atoms with Crippen LogP contribution in [0.4, 0.5) is 5.95 Å². The highest BCUT2D eigenvalue weighted by Gasteiger charge is 2.26. The molecule has 0 atom stereocenters. The molecule has 156 valence electrons. The predicted octanol–water partition coefficient (Wildman–Crippen LogP) is 4.48. The van der Waals surface area contributed by atoms with Crippen LogP contribution in [0.3, 0.4) is 0 Å². The van der Waals surface area contributed by atoms with E-state index < -0.39 is 0 Å². The van der Waals surface area contributed by atoms with Gasteiger partial charge in [0.1, 0.15) is 0 Å². The van der Waals surface area contributed by atoms with E-state index in [1.54, 1.807) is 0 Å². The number of aromatic nitrogens is 2. The highest BCUT2D eigenvalue weighted by atomic mass is 35.5. The van der Waals surface area contributed by atoms with Crippen molar-refractivity contribution in [2.45, 2.75) is 33.1 Å². The van der Waals surface area contributed by atoms with E-state index in [9.17, 15) is 4.79 Å². The van der Waals surface area contributed by atoms with Gasteiger partial charge in [0, 0.05) is 36.0 Å². The summed E-state index contributed by atoms with van der Waals surface area (Å²) in [6.45, 7) is 6.29. The van der Waals surface area contributed by atoms with E-state index >= 15 is 0 Å². The van der Waals surface area contributed by atoms with Crippen LogP contribution in [-0.4, -0.2) is 35.5 Å². The van der Waals surface area contributed by atoms with E-state index in [2.05, 4.69) is 35.3 Å². The summed E-state index contributed by atoms with van der Waals surface area (Å²) in [7, 11) is 0. The maximum absolute atomic E-state index is 12.6. The number of amides is 1. The Hall–Kier alpha value is -2.66. The summed E-state index contributed by atoms with van der Waals surface area (Å²) in [5.41, 5.74) is 4.23. The lowest BCUT2D eigenvalue weighted by Crippen LogP contribution is -2.41. The molecule has 1 saturated heterocycles. The molecule has 5 nitrogen and oxygen atoms in total. The van der Waals surface area contributed by atoms with Crippen molar-refractivity contribution in [3.8, 4) is 0 Å². The summed E-state index contributed by atoms with van der Waals surface area (Å²) in [4.78, 5) is 24.3. The third-order valence-corrected chi connectivity index (χ3v) is 6.20. The predicted molar refractivity (Wildman–Crippen MR) is 122 cm³/mol. The molecule has 2 aromatic carbocycles. The number of rotatable bonds is 5. The van der Waals surface area contributed by atoms with Crippen molar-refractivity contribution >= 4 is 34.4 Å². The van der Waals surface area contributed by atoms with Gasteiger partial charge in [0.2, 0.25) is 11.9 Å². The Balaban J connectivity index is 1.33. The lowest BCUT2D eigenvalue weighted by molar-refractivity contribution is -0.125. The highest BCUT2D eigenvalue weighted by molar-refractivity contribution is 6.31. The average Bonchev–Trinajstić information content (AvgIpc) is 2.74. The highest BCUT2D eigenvalue weighted by Crippen LogP contribution is 2.24. The molecule has 6 heteroatoms. The zero-order valence-electron chi connectivity index (χ0n) is 17.5. The number of carbonyl (C=O) groups excluding carboxylic acids is 1. The van der Waals surface area contributed by atoms with Crippen LogP contribution in [0.2, 0.25) is 5.02 Å². The normalized spacial score (nSPS) is 14.8. The lowest BCUT2D eigenvalue weighted by atomic mass is 9.96. The van der Waals surface area contributed by atoms with E-state index in [0.717, 1.165) is 65.5 Å². The summed E-state index contributed by atoms with van der Waals surface area (Å²) >= 11 is 6.19. The number of nitrogens with zero attached hydrogens (tertiary/aromatic N) is 3. The molecule has 1 fully saturated rings. The molecule has 1 amide bonds. The molecule has 1 aliphatic heterocycles. The zero-order valence-corrected chi connectivity index (χ0v) is 18.2. The largest absolute Gasteiger partial charge is 0.356 e. The van der Waals surface area contributed by atoms with E-state index in [4.69, 9.17) is 21.6 Å². The van der Waals surface area contributed by atoms with Gasteiger partial charge >= 0.3 is 0 Å². The number of aryl methyl sites for hydroxylation is 2. The number of anilines is 1. The van der Waals surface area contributed by atoms with Crippen LogP contribution in [0.5, 0.6) is 0 Å². The van der Waals surface area contributed by atoms with Crippen LogP contribution in [0.1, 0.15) is 29.7 Å². The second-order valence-corrected chi connectivity index (χ2v) is 8.43. The molecular weight excluding hydrogens is 396 g/mol. The van der Waals surface area contributed by atoms with E-state index in [-0.39, 0.29) is 11.8 Å². The first-order valence-corrected chi connectivity index (χ1v) is 10.9. The molecule has 1 aromatic heterocycles. The average molecular weight is 423 g/mol. The monoisotopic (exact) mass is 422 g/mol. The van der Waals surface area contributed by atoms with E-state index in [0.29, 0.717) is 6.54 Å². The number of hydrogen-bond acceptors (Lipinski definition) is 4. The molecule has 0 radical (unpaired) electrons. The molecule has 0 bridgehead atoms. The maximum atomic E-state index is 12.6. The summed E-state index contributed by atoms with van der Waals surface area (Å²) in [5, 5.41) is 4.92. The minimum Gasteiger partial charge on any atom is -0.356 e. The van der Waals surface area contributed by atoms with Crippen LogP contribution >= 0.6 is 11.6 Å². The van der Waals surface area contributed by atoms with Crippen molar-refractivity contribution in [1.29, 1.82) is 0 Å². The van der Waals surface area contributed by atoms with Gasteiger partial charge in [0.05, 0.1) is 11.2 Å². The SMILES string of the molecule is Cc1ccc2c(C)nc(N3CCC(C(=O)NCCc4ccccc4Cl)CC3)nc2c1. The number of benzene rings is 2. The van der Waals surface area contributed by atoms with Gasteiger partial charge in [0.25, 0.3) is 0 Å². The third-order valence-electron chi connectivity index (χ3n) is 5.83. The Morgan fingerprint density at radius 3 is 2.67 bits per heavy atom. The van der Waals surface area contributed by atoms with Gasteiger partial charge in [-0.15, -0.1) is 0 Å². The molecule has 0 saturated carbocycles. The van der Waals surface area contributed by atoms with Crippen LogP contribution in [0, 0.1) is 19.8 Å². The molecule has 4 rings (SSSR count). The Kier molecular flexibility index (Phi) is 6.18. The second-order valence-electron chi connectivity index (χ2n) is 8.02. The Bertz CT molecular complexity index is 1060. The van der Waals surface area contributed by atoms with Crippen molar-refractivity contribution in [2.75, 3.05) is 24.5 Å². The molecule has 0 spiro atoms. The van der Waals surface area contributed by atoms with Crippen LogP contribution in [0.15, 0.2) is 42.5 Å². The standard InChI is InChI=1S/C24H27ClN4O/c1-16-7-8-20-17(2)27-24(28-22(20)15-16)29-13-10-19(11-14-29)23(30)26-12-9-18-5-3-4-6-21(18)25/h3-8,15,19H,9-14H2,1-2H3,(H,26,30). The quantitative estimate of drug-likeness (QED) is 0.658. The first-order valence-electron chi connectivity index (χ1n) is 10.5. The number of hydrogen-bond donors (Lipinski definition) is 1. The van der Waals surface area contributed by atoms with E-state index in [1.165, 1.54) is 5.56 Å². The Morgan fingerprint density at radius 1 is 1.13 bits per heavy atom. The number of piperidine rings is 1. The lowest BCUT2D eigenvalue weighted by Gasteiger charge is -2.31. The minimum atomic E-state index is 0.0382. The number of fused-ring (bicyclic) bond motifs is 1. The van der Waals surface area contributed by atoms with Crippen LogP contribution in [0.25, 0.3) is 10.9 Å². The Morgan fingerprint density at radius 2 is 1.90 bits per heavy atom. The molecular formula is C24H27ClN4O. The van der Waals surface area contributed by atoms with E-state index in [1.807, 2.05) is 31.2 Å². The van der Waals surface area contributed by atoms with Crippen molar-refractivity contribution in [2.24, 2.45) is 5.92 Å². The molecule has 0 unspecified atom stereocenters. The fourth-order valence-corrected chi connectivity index (χ4v) is 4.26. The summed E-state index contributed by atoms with van der Waals surface area (Å²) < 4.78 is 0. The molecule has 30 heavy (non-hydrogen) atoms. The van der Waals surface area contributed by atoms with Crippen molar-refractivity contribution < 1.29 is 4.79 Å². The fourth-order valence-electron chi connectivity index (χ4n) is 4.03. The topological polar surface area (TPSA) is 58.1 Å².